The summed E-state index contributed by atoms with van der Waals surface area (Å²) in [6, 6.07) is 6.37. The van der Waals surface area contributed by atoms with Crippen LogP contribution in [0.15, 0.2) is 18.2 Å². The molecule has 1 aliphatic rings. The third-order valence-electron chi connectivity index (χ3n) is 2.92. The van der Waals surface area contributed by atoms with Crippen molar-refractivity contribution >= 4 is 5.91 Å². The molecule has 1 aliphatic heterocycles. The molecule has 1 heterocycles. The zero-order valence-corrected chi connectivity index (χ0v) is 8.85. The van der Waals surface area contributed by atoms with E-state index in [0.717, 1.165) is 0 Å². The van der Waals surface area contributed by atoms with Crippen molar-refractivity contribution in [3.05, 3.63) is 34.9 Å². The van der Waals surface area contributed by atoms with Crippen LogP contribution in [0.4, 0.5) is 0 Å². The third kappa shape index (κ3) is 1.31. The van der Waals surface area contributed by atoms with Gasteiger partial charge in [0.05, 0.1) is 12.0 Å². The standard InChI is InChI=1S/C12H15NO/c1-8-4-5-9(2)10(6-8)12(3)7-11(14)13-12/h4-6H,7H2,1-3H3,(H,13,14). The molecule has 1 amide bonds. The zero-order chi connectivity index (χ0) is 10.3. The molecule has 0 aliphatic carbocycles. The fourth-order valence-electron chi connectivity index (χ4n) is 2.10. The van der Waals surface area contributed by atoms with Crippen molar-refractivity contribution in [2.75, 3.05) is 0 Å². The third-order valence-corrected chi connectivity index (χ3v) is 2.92. The van der Waals surface area contributed by atoms with Crippen molar-refractivity contribution in [2.24, 2.45) is 0 Å². The summed E-state index contributed by atoms with van der Waals surface area (Å²) in [5.41, 5.74) is 3.61. The highest BCUT2D eigenvalue weighted by molar-refractivity contribution is 5.85. The Morgan fingerprint density at radius 1 is 1.36 bits per heavy atom. The molecule has 0 spiro atoms. The lowest BCUT2D eigenvalue weighted by molar-refractivity contribution is -0.132. The zero-order valence-electron chi connectivity index (χ0n) is 8.85. The van der Waals surface area contributed by atoms with Crippen molar-refractivity contribution < 1.29 is 4.79 Å². The van der Waals surface area contributed by atoms with Crippen LogP contribution in [0.25, 0.3) is 0 Å². The monoisotopic (exact) mass is 189 g/mol. The van der Waals surface area contributed by atoms with E-state index in [0.29, 0.717) is 6.42 Å². The molecule has 1 saturated heterocycles. The van der Waals surface area contributed by atoms with Gasteiger partial charge < -0.3 is 5.32 Å². The van der Waals surface area contributed by atoms with Crippen LogP contribution in [0.1, 0.15) is 30.0 Å². The van der Waals surface area contributed by atoms with Gasteiger partial charge in [-0.05, 0) is 31.9 Å². The summed E-state index contributed by atoms with van der Waals surface area (Å²) in [5, 5.41) is 2.96. The number of aryl methyl sites for hydroxylation is 2. The molecule has 1 aromatic rings. The summed E-state index contributed by atoms with van der Waals surface area (Å²) in [7, 11) is 0. The van der Waals surface area contributed by atoms with Crippen LogP contribution < -0.4 is 5.32 Å². The molecule has 2 heteroatoms. The Hall–Kier alpha value is -1.31. The number of amides is 1. The fraction of sp³-hybridized carbons (Fsp3) is 0.417. The minimum absolute atomic E-state index is 0.132. The Balaban J connectivity index is 2.41. The van der Waals surface area contributed by atoms with Crippen LogP contribution in [0.3, 0.4) is 0 Å². The molecule has 1 fully saturated rings. The molecule has 1 unspecified atom stereocenters. The van der Waals surface area contributed by atoms with Crippen molar-refractivity contribution in [3.63, 3.8) is 0 Å². The summed E-state index contributed by atoms with van der Waals surface area (Å²) < 4.78 is 0. The van der Waals surface area contributed by atoms with Gasteiger partial charge in [0.1, 0.15) is 0 Å². The maximum absolute atomic E-state index is 11.0. The molecule has 1 N–H and O–H groups in total. The van der Waals surface area contributed by atoms with E-state index in [9.17, 15) is 4.79 Å². The normalized spacial score (nSPS) is 25.5. The predicted molar refractivity (Wildman–Crippen MR) is 56.0 cm³/mol. The first-order chi connectivity index (χ1) is 6.51. The molecule has 14 heavy (non-hydrogen) atoms. The van der Waals surface area contributed by atoms with Crippen LogP contribution in [0.2, 0.25) is 0 Å². The maximum atomic E-state index is 11.0. The minimum Gasteiger partial charge on any atom is -0.346 e. The van der Waals surface area contributed by atoms with Gasteiger partial charge in [-0.1, -0.05) is 23.8 Å². The predicted octanol–water partition coefficient (Wildman–Crippen LogP) is 2.04. The second kappa shape index (κ2) is 2.84. The highest BCUT2D eigenvalue weighted by Crippen LogP contribution is 2.33. The fourth-order valence-corrected chi connectivity index (χ4v) is 2.10. The van der Waals surface area contributed by atoms with Crippen LogP contribution in [0.5, 0.6) is 0 Å². The Bertz CT molecular complexity index is 387. The van der Waals surface area contributed by atoms with Crippen molar-refractivity contribution in [2.45, 2.75) is 32.7 Å². The minimum atomic E-state index is -0.132. The summed E-state index contributed by atoms with van der Waals surface area (Å²) in [4.78, 5) is 11.0. The van der Waals surface area contributed by atoms with Gasteiger partial charge in [0.25, 0.3) is 0 Å². The molecule has 0 bridgehead atoms. The molecule has 1 aromatic carbocycles. The topological polar surface area (TPSA) is 29.1 Å². The average molecular weight is 189 g/mol. The van der Waals surface area contributed by atoms with Gasteiger partial charge in [0.15, 0.2) is 0 Å². The number of hydrogen-bond donors (Lipinski definition) is 1. The Morgan fingerprint density at radius 2 is 2.00 bits per heavy atom. The van der Waals surface area contributed by atoms with E-state index in [1.54, 1.807) is 0 Å². The lowest BCUT2D eigenvalue weighted by Crippen LogP contribution is -2.56. The summed E-state index contributed by atoms with van der Waals surface area (Å²) in [6.07, 6.45) is 0.608. The van der Waals surface area contributed by atoms with E-state index in [-0.39, 0.29) is 11.4 Å². The molecule has 0 radical (unpaired) electrons. The van der Waals surface area contributed by atoms with Crippen LogP contribution in [-0.2, 0) is 10.3 Å². The van der Waals surface area contributed by atoms with E-state index < -0.39 is 0 Å². The van der Waals surface area contributed by atoms with Crippen molar-refractivity contribution in [1.82, 2.24) is 5.32 Å². The van der Waals surface area contributed by atoms with Gasteiger partial charge in [-0.15, -0.1) is 0 Å². The summed E-state index contributed by atoms with van der Waals surface area (Å²) in [6.45, 7) is 6.24. The molecule has 0 aromatic heterocycles. The van der Waals surface area contributed by atoms with Gasteiger partial charge in [-0.2, -0.15) is 0 Å². The first-order valence-electron chi connectivity index (χ1n) is 4.90. The molecule has 74 valence electrons. The molecule has 0 saturated carbocycles. The number of hydrogen-bond acceptors (Lipinski definition) is 1. The van der Waals surface area contributed by atoms with Gasteiger partial charge >= 0.3 is 0 Å². The van der Waals surface area contributed by atoms with Gasteiger partial charge in [0, 0.05) is 0 Å². The second-order valence-corrected chi connectivity index (χ2v) is 4.38. The molecule has 2 nitrogen and oxygen atoms in total. The number of rotatable bonds is 1. The smallest absolute Gasteiger partial charge is 0.223 e. The lowest BCUT2D eigenvalue weighted by atomic mass is 9.79. The highest BCUT2D eigenvalue weighted by atomic mass is 16.2. The van der Waals surface area contributed by atoms with E-state index in [4.69, 9.17) is 0 Å². The quantitative estimate of drug-likeness (QED) is 0.673. The van der Waals surface area contributed by atoms with Gasteiger partial charge in [-0.25, -0.2) is 0 Å². The molecule has 2 rings (SSSR count). The molecule has 1 atom stereocenters. The number of carbonyl (C=O) groups is 1. The summed E-state index contributed by atoms with van der Waals surface area (Å²) >= 11 is 0. The second-order valence-electron chi connectivity index (χ2n) is 4.38. The number of β-lactam (4-membered cyclic amide) rings is 1. The Kier molecular flexibility index (Phi) is 1.88. The summed E-state index contributed by atoms with van der Waals surface area (Å²) in [5.74, 6) is 0.147. The Morgan fingerprint density at radius 3 is 2.57 bits per heavy atom. The largest absolute Gasteiger partial charge is 0.346 e. The maximum Gasteiger partial charge on any atom is 0.223 e. The van der Waals surface area contributed by atoms with Gasteiger partial charge in [-0.3, -0.25) is 4.79 Å². The van der Waals surface area contributed by atoms with E-state index in [2.05, 4.69) is 44.3 Å². The van der Waals surface area contributed by atoms with Crippen LogP contribution >= 0.6 is 0 Å². The lowest BCUT2D eigenvalue weighted by Gasteiger charge is -2.40. The van der Waals surface area contributed by atoms with E-state index in [1.165, 1.54) is 16.7 Å². The molecular weight excluding hydrogens is 174 g/mol. The van der Waals surface area contributed by atoms with E-state index >= 15 is 0 Å². The Labute approximate surface area is 84.3 Å². The highest BCUT2D eigenvalue weighted by Gasteiger charge is 2.40. The first kappa shape index (κ1) is 9.25. The van der Waals surface area contributed by atoms with Crippen molar-refractivity contribution in [1.29, 1.82) is 0 Å². The van der Waals surface area contributed by atoms with Gasteiger partial charge in [0.2, 0.25) is 5.91 Å². The van der Waals surface area contributed by atoms with E-state index in [1.807, 2.05) is 0 Å². The van der Waals surface area contributed by atoms with Crippen LogP contribution in [0, 0.1) is 13.8 Å². The average Bonchev–Trinajstić information content (AvgIpc) is 2.07. The number of benzene rings is 1. The number of nitrogens with one attached hydrogen (secondary N) is 1. The van der Waals surface area contributed by atoms with Crippen molar-refractivity contribution in [3.8, 4) is 0 Å². The van der Waals surface area contributed by atoms with Crippen LogP contribution in [-0.4, -0.2) is 5.91 Å². The SMILES string of the molecule is Cc1ccc(C)c(C2(C)CC(=O)N2)c1. The number of carbonyl (C=O) groups excluding carboxylic acids is 1. The molecular formula is C12H15NO. The first-order valence-corrected chi connectivity index (χ1v) is 4.90.